The van der Waals surface area contributed by atoms with Crippen LogP contribution in [0.3, 0.4) is 0 Å². The smallest absolute Gasteiger partial charge is 0.330 e. The number of aliphatic carboxylic acids is 1. The highest BCUT2D eigenvalue weighted by atomic mass is 16.5. The molecule has 0 aromatic heterocycles. The van der Waals surface area contributed by atoms with Gasteiger partial charge in [-0.25, -0.2) is 4.79 Å². The van der Waals surface area contributed by atoms with Crippen LogP contribution in [-0.2, 0) is 19.0 Å². The molecule has 0 rings (SSSR count). The second-order valence-corrected chi connectivity index (χ2v) is 3.40. The van der Waals surface area contributed by atoms with Crippen LogP contribution >= 0.6 is 0 Å². The lowest BCUT2D eigenvalue weighted by Gasteiger charge is -2.05. The Kier molecular flexibility index (Phi) is 11.0. The molecule has 0 aliphatic heterocycles. The maximum absolute atomic E-state index is 10.4. The largest absolute Gasteiger partial charge is 0.478 e. The Morgan fingerprint density at radius 1 is 1.06 bits per heavy atom. The molecule has 0 bridgehead atoms. The number of hydrogen-bond donors (Lipinski definition) is 1. The van der Waals surface area contributed by atoms with E-state index in [4.69, 9.17) is 19.3 Å². The van der Waals surface area contributed by atoms with E-state index in [1.54, 1.807) is 13.0 Å². The number of rotatable bonds is 11. The highest BCUT2D eigenvalue weighted by molar-refractivity contribution is 5.85. The Morgan fingerprint density at radius 3 is 2.12 bits per heavy atom. The van der Waals surface area contributed by atoms with E-state index >= 15 is 0 Å². The van der Waals surface area contributed by atoms with E-state index in [9.17, 15) is 4.79 Å². The molecule has 5 heteroatoms. The molecule has 0 atom stereocenters. The van der Waals surface area contributed by atoms with E-state index in [0.29, 0.717) is 51.6 Å². The summed E-state index contributed by atoms with van der Waals surface area (Å²) in [6.07, 6.45) is 2.26. The molecule has 17 heavy (non-hydrogen) atoms. The Balaban J connectivity index is 3.19. The summed E-state index contributed by atoms with van der Waals surface area (Å²) in [5.74, 6) is -0.885. The van der Waals surface area contributed by atoms with Crippen molar-refractivity contribution in [3.8, 4) is 0 Å². The fraction of sp³-hybridized carbons (Fsp3) is 0.750. The lowest BCUT2D eigenvalue weighted by molar-refractivity contribution is -0.132. The van der Waals surface area contributed by atoms with Gasteiger partial charge in [0.15, 0.2) is 0 Å². The van der Waals surface area contributed by atoms with Crippen LogP contribution in [-0.4, -0.2) is 50.7 Å². The summed E-state index contributed by atoms with van der Waals surface area (Å²) >= 11 is 0. The van der Waals surface area contributed by atoms with Crippen molar-refractivity contribution >= 4 is 5.97 Å². The third-order valence-electron chi connectivity index (χ3n) is 2.00. The van der Waals surface area contributed by atoms with Crippen molar-refractivity contribution in [3.63, 3.8) is 0 Å². The van der Waals surface area contributed by atoms with Crippen molar-refractivity contribution in [1.82, 2.24) is 0 Å². The number of ether oxygens (including phenoxy) is 3. The first-order valence-electron chi connectivity index (χ1n) is 5.81. The maximum Gasteiger partial charge on any atom is 0.330 e. The van der Waals surface area contributed by atoms with E-state index in [-0.39, 0.29) is 0 Å². The van der Waals surface area contributed by atoms with E-state index in [0.717, 1.165) is 0 Å². The second kappa shape index (κ2) is 11.6. The average molecular weight is 246 g/mol. The number of hydrogen-bond acceptors (Lipinski definition) is 4. The van der Waals surface area contributed by atoms with Crippen LogP contribution in [0.2, 0.25) is 0 Å². The summed E-state index contributed by atoms with van der Waals surface area (Å²) in [5.41, 5.74) is 0.349. The van der Waals surface area contributed by atoms with Gasteiger partial charge in [0.05, 0.1) is 33.0 Å². The van der Waals surface area contributed by atoms with Gasteiger partial charge in [-0.2, -0.15) is 0 Å². The first-order chi connectivity index (χ1) is 8.18. The van der Waals surface area contributed by atoms with Gasteiger partial charge in [0, 0.05) is 12.2 Å². The minimum absolute atomic E-state index is 0.349. The summed E-state index contributed by atoms with van der Waals surface area (Å²) in [5, 5.41) is 8.58. The van der Waals surface area contributed by atoms with Crippen molar-refractivity contribution in [2.45, 2.75) is 20.3 Å². The predicted molar refractivity (Wildman–Crippen MR) is 64.1 cm³/mol. The summed E-state index contributed by atoms with van der Waals surface area (Å²) in [6.45, 7) is 6.97. The van der Waals surface area contributed by atoms with Crippen LogP contribution in [0, 0.1) is 0 Å². The second-order valence-electron chi connectivity index (χ2n) is 3.40. The average Bonchev–Trinajstić information content (AvgIpc) is 2.31. The van der Waals surface area contributed by atoms with Crippen LogP contribution in [0.5, 0.6) is 0 Å². The first-order valence-corrected chi connectivity index (χ1v) is 5.81. The molecule has 0 aromatic rings. The van der Waals surface area contributed by atoms with Crippen LogP contribution in [0.15, 0.2) is 11.6 Å². The normalized spacial score (nSPS) is 11.8. The highest BCUT2D eigenvalue weighted by Gasteiger charge is 1.97. The molecule has 0 saturated carbocycles. The van der Waals surface area contributed by atoms with Gasteiger partial charge in [-0.3, -0.25) is 0 Å². The van der Waals surface area contributed by atoms with Crippen LogP contribution < -0.4 is 0 Å². The van der Waals surface area contributed by atoms with Crippen molar-refractivity contribution < 1.29 is 24.1 Å². The third-order valence-corrected chi connectivity index (χ3v) is 2.00. The van der Waals surface area contributed by atoms with Crippen molar-refractivity contribution in [2.75, 3.05) is 39.6 Å². The molecule has 0 fully saturated rings. The van der Waals surface area contributed by atoms with Gasteiger partial charge < -0.3 is 19.3 Å². The quantitative estimate of drug-likeness (QED) is 0.442. The van der Waals surface area contributed by atoms with E-state index in [1.807, 2.05) is 6.92 Å². The van der Waals surface area contributed by atoms with Gasteiger partial charge in [0.2, 0.25) is 0 Å². The lowest BCUT2D eigenvalue weighted by Crippen LogP contribution is -2.09. The summed E-state index contributed by atoms with van der Waals surface area (Å²) < 4.78 is 15.6. The molecule has 0 aliphatic carbocycles. The number of carbonyl (C=O) groups is 1. The molecule has 0 aliphatic rings. The van der Waals surface area contributed by atoms with Gasteiger partial charge in [-0.1, -0.05) is 6.08 Å². The van der Waals surface area contributed by atoms with Gasteiger partial charge >= 0.3 is 5.97 Å². The van der Waals surface area contributed by atoms with Crippen LogP contribution in [0.4, 0.5) is 0 Å². The third kappa shape index (κ3) is 11.4. The Bertz CT molecular complexity index is 225. The van der Waals surface area contributed by atoms with Crippen molar-refractivity contribution in [1.29, 1.82) is 0 Å². The summed E-state index contributed by atoms with van der Waals surface area (Å²) in [6, 6.07) is 0. The molecule has 1 N–H and O–H groups in total. The lowest BCUT2D eigenvalue weighted by atomic mass is 10.2. The minimum Gasteiger partial charge on any atom is -0.478 e. The van der Waals surface area contributed by atoms with Gasteiger partial charge in [0.1, 0.15) is 0 Å². The zero-order valence-electron chi connectivity index (χ0n) is 10.6. The molecular weight excluding hydrogens is 224 g/mol. The molecule has 0 unspecified atom stereocenters. The SMILES string of the molecule is CCOCCOCCOCC/C=C(\C)C(=O)O. The Labute approximate surface area is 102 Å². The molecule has 0 spiro atoms. The Morgan fingerprint density at radius 2 is 1.59 bits per heavy atom. The van der Waals surface area contributed by atoms with Crippen molar-refractivity contribution in [3.05, 3.63) is 11.6 Å². The molecule has 0 saturated heterocycles. The molecule has 0 radical (unpaired) electrons. The summed E-state index contributed by atoms with van der Waals surface area (Å²) in [4.78, 5) is 10.4. The van der Waals surface area contributed by atoms with E-state index in [1.165, 1.54) is 0 Å². The zero-order valence-corrected chi connectivity index (χ0v) is 10.6. The predicted octanol–water partition coefficient (Wildman–Crippen LogP) is 1.48. The van der Waals surface area contributed by atoms with Gasteiger partial charge in [0.25, 0.3) is 0 Å². The first kappa shape index (κ1) is 16.1. The summed E-state index contributed by atoms with van der Waals surface area (Å²) in [7, 11) is 0. The molecular formula is C12H22O5. The highest BCUT2D eigenvalue weighted by Crippen LogP contribution is 1.95. The monoisotopic (exact) mass is 246 g/mol. The fourth-order valence-electron chi connectivity index (χ4n) is 1.03. The zero-order chi connectivity index (χ0) is 12.9. The Hall–Kier alpha value is -0.910. The fourth-order valence-corrected chi connectivity index (χ4v) is 1.03. The van der Waals surface area contributed by atoms with E-state index < -0.39 is 5.97 Å². The van der Waals surface area contributed by atoms with Crippen molar-refractivity contribution in [2.24, 2.45) is 0 Å². The number of carboxylic acid groups (broad SMARTS) is 1. The molecule has 0 amide bonds. The molecule has 100 valence electrons. The van der Waals surface area contributed by atoms with Crippen LogP contribution in [0.1, 0.15) is 20.3 Å². The molecule has 0 aromatic carbocycles. The maximum atomic E-state index is 10.4. The number of carboxylic acids is 1. The molecule has 5 nitrogen and oxygen atoms in total. The minimum atomic E-state index is -0.885. The topological polar surface area (TPSA) is 65.0 Å². The van der Waals surface area contributed by atoms with E-state index in [2.05, 4.69) is 0 Å². The molecule has 0 heterocycles. The van der Waals surface area contributed by atoms with Gasteiger partial charge in [-0.05, 0) is 20.3 Å². The van der Waals surface area contributed by atoms with Gasteiger partial charge in [-0.15, -0.1) is 0 Å². The standard InChI is InChI=1S/C12H22O5/c1-3-15-7-8-17-10-9-16-6-4-5-11(2)12(13)14/h5H,3-4,6-10H2,1-2H3,(H,13,14)/b11-5+. The van der Waals surface area contributed by atoms with Crippen LogP contribution in [0.25, 0.3) is 0 Å².